The van der Waals surface area contributed by atoms with Gasteiger partial charge in [-0.2, -0.15) is 0 Å². The number of anilines is 1. The fourth-order valence-corrected chi connectivity index (χ4v) is 3.19. The number of hydrazine groups is 1. The van der Waals surface area contributed by atoms with Gasteiger partial charge in [0.2, 0.25) is 5.91 Å². The molecule has 2 aromatic carbocycles. The molecular formula is C19H21FN4O2S2. The highest BCUT2D eigenvalue weighted by molar-refractivity contribution is 8.00. The third kappa shape index (κ3) is 7.16. The van der Waals surface area contributed by atoms with Gasteiger partial charge < -0.3 is 10.6 Å². The lowest BCUT2D eigenvalue weighted by atomic mass is 10.2. The number of hydrogen-bond acceptors (Lipinski definition) is 4. The molecule has 0 fully saturated rings. The van der Waals surface area contributed by atoms with Crippen molar-refractivity contribution >= 4 is 46.6 Å². The fourth-order valence-electron chi connectivity index (χ4n) is 2.16. The molecule has 0 unspecified atom stereocenters. The first-order chi connectivity index (χ1) is 13.3. The molecular weight excluding hydrogens is 399 g/mol. The highest BCUT2D eigenvalue weighted by atomic mass is 32.2. The van der Waals surface area contributed by atoms with E-state index in [2.05, 4.69) is 21.5 Å². The monoisotopic (exact) mass is 420 g/mol. The first-order valence-electron chi connectivity index (χ1n) is 8.49. The van der Waals surface area contributed by atoms with Gasteiger partial charge in [0.05, 0.1) is 11.3 Å². The third-order valence-electron chi connectivity index (χ3n) is 3.33. The van der Waals surface area contributed by atoms with Crippen molar-refractivity contribution in [3.63, 3.8) is 0 Å². The van der Waals surface area contributed by atoms with E-state index in [-0.39, 0.29) is 28.6 Å². The molecule has 0 spiro atoms. The number of rotatable bonds is 6. The number of nitrogens with one attached hydrogen (secondary N) is 4. The van der Waals surface area contributed by atoms with Crippen LogP contribution in [0.25, 0.3) is 0 Å². The van der Waals surface area contributed by atoms with Crippen molar-refractivity contribution in [1.29, 1.82) is 0 Å². The molecule has 148 valence electrons. The summed E-state index contributed by atoms with van der Waals surface area (Å²) in [6, 6.07) is 12.7. The van der Waals surface area contributed by atoms with Gasteiger partial charge in [0.25, 0.3) is 5.91 Å². The zero-order valence-electron chi connectivity index (χ0n) is 15.4. The Bertz CT molecular complexity index is 844. The van der Waals surface area contributed by atoms with E-state index in [9.17, 15) is 14.0 Å². The van der Waals surface area contributed by atoms with Crippen molar-refractivity contribution in [2.45, 2.75) is 24.8 Å². The van der Waals surface area contributed by atoms with Gasteiger partial charge in [-0.25, -0.2) is 4.39 Å². The first kappa shape index (κ1) is 21.6. The summed E-state index contributed by atoms with van der Waals surface area (Å²) in [5.41, 5.74) is 6.11. The Morgan fingerprint density at radius 2 is 1.75 bits per heavy atom. The Balaban J connectivity index is 1.90. The quantitative estimate of drug-likeness (QED) is 0.327. The smallest absolute Gasteiger partial charge is 0.270 e. The molecule has 9 heteroatoms. The van der Waals surface area contributed by atoms with Crippen molar-refractivity contribution < 1.29 is 14.0 Å². The minimum atomic E-state index is -0.393. The van der Waals surface area contributed by atoms with E-state index in [1.165, 1.54) is 36.0 Å². The van der Waals surface area contributed by atoms with Gasteiger partial charge in [-0.15, -0.1) is 11.8 Å². The van der Waals surface area contributed by atoms with Crippen LogP contribution in [0.1, 0.15) is 24.2 Å². The number of thioether (sulfide) groups is 1. The molecule has 2 aromatic rings. The van der Waals surface area contributed by atoms with Crippen molar-refractivity contribution in [2.24, 2.45) is 0 Å². The van der Waals surface area contributed by atoms with Crippen LogP contribution in [0.5, 0.6) is 0 Å². The maximum atomic E-state index is 12.9. The largest absolute Gasteiger partial charge is 0.353 e. The van der Waals surface area contributed by atoms with Crippen LogP contribution in [0.15, 0.2) is 53.4 Å². The second-order valence-corrected chi connectivity index (χ2v) is 7.47. The summed E-state index contributed by atoms with van der Waals surface area (Å²) in [5, 5.41) is 5.79. The Labute approximate surface area is 172 Å². The molecule has 4 N–H and O–H groups in total. The van der Waals surface area contributed by atoms with E-state index < -0.39 is 5.91 Å². The van der Waals surface area contributed by atoms with E-state index in [1.807, 2.05) is 13.8 Å². The summed E-state index contributed by atoms with van der Waals surface area (Å²) in [7, 11) is 0. The molecule has 2 rings (SSSR count). The van der Waals surface area contributed by atoms with Gasteiger partial charge in [0.15, 0.2) is 5.11 Å². The van der Waals surface area contributed by atoms with Crippen LogP contribution < -0.4 is 21.5 Å². The number of halogens is 1. The molecule has 0 aliphatic heterocycles. The molecule has 0 saturated carbocycles. The molecule has 0 aliphatic rings. The lowest BCUT2D eigenvalue weighted by molar-refractivity contribution is -0.119. The third-order valence-corrected chi connectivity index (χ3v) is 4.61. The second kappa shape index (κ2) is 10.6. The number of hydrogen-bond donors (Lipinski definition) is 4. The van der Waals surface area contributed by atoms with Crippen LogP contribution >= 0.6 is 24.0 Å². The molecule has 0 radical (unpaired) electrons. The van der Waals surface area contributed by atoms with E-state index in [0.29, 0.717) is 16.1 Å². The first-order valence-corrected chi connectivity index (χ1v) is 9.88. The highest BCUT2D eigenvalue weighted by Gasteiger charge is 2.13. The topological polar surface area (TPSA) is 82.3 Å². The normalized spacial score (nSPS) is 10.3. The Kier molecular flexibility index (Phi) is 8.21. The van der Waals surface area contributed by atoms with Gasteiger partial charge in [-0.3, -0.25) is 20.4 Å². The van der Waals surface area contributed by atoms with Crippen molar-refractivity contribution in [3.05, 3.63) is 59.9 Å². The average Bonchev–Trinajstić information content (AvgIpc) is 2.66. The van der Waals surface area contributed by atoms with Crippen LogP contribution in [-0.2, 0) is 4.79 Å². The van der Waals surface area contributed by atoms with Crippen LogP contribution in [0, 0.1) is 5.82 Å². The summed E-state index contributed by atoms with van der Waals surface area (Å²) < 4.78 is 12.9. The predicted octanol–water partition coefficient (Wildman–Crippen LogP) is 3.07. The molecule has 0 aromatic heterocycles. The summed E-state index contributed by atoms with van der Waals surface area (Å²) >= 11 is 6.39. The minimum Gasteiger partial charge on any atom is -0.353 e. The van der Waals surface area contributed by atoms with Crippen molar-refractivity contribution in [3.8, 4) is 0 Å². The molecule has 0 saturated heterocycles. The number of thiocarbonyl (C=S) groups is 1. The van der Waals surface area contributed by atoms with E-state index in [1.54, 1.807) is 24.3 Å². The van der Waals surface area contributed by atoms with Gasteiger partial charge in [0.1, 0.15) is 5.82 Å². The van der Waals surface area contributed by atoms with Crippen LogP contribution in [0.2, 0.25) is 0 Å². The van der Waals surface area contributed by atoms with Gasteiger partial charge in [-0.1, -0.05) is 12.1 Å². The molecule has 0 heterocycles. The predicted molar refractivity (Wildman–Crippen MR) is 114 cm³/mol. The van der Waals surface area contributed by atoms with Crippen molar-refractivity contribution in [1.82, 2.24) is 16.2 Å². The van der Waals surface area contributed by atoms with Crippen LogP contribution in [0.3, 0.4) is 0 Å². The van der Waals surface area contributed by atoms with Crippen LogP contribution in [0.4, 0.5) is 10.1 Å². The minimum absolute atomic E-state index is 0.0606. The zero-order valence-corrected chi connectivity index (χ0v) is 17.0. The summed E-state index contributed by atoms with van der Waals surface area (Å²) in [6.07, 6.45) is 0. The zero-order chi connectivity index (χ0) is 20.5. The van der Waals surface area contributed by atoms with Crippen molar-refractivity contribution in [2.75, 3.05) is 11.1 Å². The molecule has 0 bridgehead atoms. The van der Waals surface area contributed by atoms with Crippen LogP contribution in [-0.4, -0.2) is 28.7 Å². The van der Waals surface area contributed by atoms with E-state index in [4.69, 9.17) is 12.2 Å². The Morgan fingerprint density at radius 3 is 2.43 bits per heavy atom. The fraction of sp³-hybridized carbons (Fsp3) is 0.211. The van der Waals surface area contributed by atoms with E-state index >= 15 is 0 Å². The number of carbonyl (C=O) groups excluding carboxylic acids is 2. The molecule has 28 heavy (non-hydrogen) atoms. The SMILES string of the molecule is CC(C)NC(=O)CSc1ccccc1C(=O)NNC(=S)Nc1ccc(F)cc1. The highest BCUT2D eigenvalue weighted by Crippen LogP contribution is 2.22. The standard InChI is InChI=1S/C19H21FN4O2S2/c1-12(2)21-17(25)11-28-16-6-4-3-5-15(16)18(26)23-24-19(27)22-14-9-7-13(20)8-10-14/h3-10,12H,11H2,1-2H3,(H,21,25)(H,23,26)(H2,22,24,27). The maximum absolute atomic E-state index is 12.9. The lowest BCUT2D eigenvalue weighted by Gasteiger charge is -2.13. The molecule has 0 atom stereocenters. The number of benzene rings is 2. The molecule has 2 amide bonds. The van der Waals surface area contributed by atoms with Gasteiger partial charge in [0, 0.05) is 16.6 Å². The Morgan fingerprint density at radius 1 is 1.07 bits per heavy atom. The summed E-state index contributed by atoms with van der Waals surface area (Å²) in [5.74, 6) is -0.636. The number of amides is 2. The van der Waals surface area contributed by atoms with E-state index in [0.717, 1.165) is 0 Å². The summed E-state index contributed by atoms with van der Waals surface area (Å²) in [6.45, 7) is 3.77. The van der Waals surface area contributed by atoms with Gasteiger partial charge >= 0.3 is 0 Å². The maximum Gasteiger partial charge on any atom is 0.270 e. The molecule has 6 nitrogen and oxygen atoms in total. The summed E-state index contributed by atoms with van der Waals surface area (Å²) in [4.78, 5) is 25.0. The number of carbonyl (C=O) groups is 2. The average molecular weight is 421 g/mol. The Hall–Kier alpha value is -2.65. The second-order valence-electron chi connectivity index (χ2n) is 6.05. The molecule has 0 aliphatic carbocycles. The van der Waals surface area contributed by atoms with Gasteiger partial charge in [-0.05, 0) is 62.5 Å². The lowest BCUT2D eigenvalue weighted by Crippen LogP contribution is -2.43.